The Morgan fingerprint density at radius 1 is 1.43 bits per heavy atom. The van der Waals surface area contributed by atoms with Crippen molar-refractivity contribution in [1.82, 2.24) is 10.2 Å². The van der Waals surface area contributed by atoms with Crippen molar-refractivity contribution in [3.63, 3.8) is 0 Å². The number of carbonyl (C=O) groups is 3. The Morgan fingerprint density at radius 2 is 2.09 bits per heavy atom. The van der Waals surface area contributed by atoms with Crippen LogP contribution in [-0.2, 0) is 14.3 Å². The number of aliphatic carboxylic acids is 1. The number of nitrogens with zero attached hydrogens (tertiary/aromatic N) is 1. The number of alkyl carbamates (subject to hydrolysis) is 1. The van der Waals surface area contributed by atoms with E-state index in [0.717, 1.165) is 0 Å². The molecule has 0 radical (unpaired) electrons. The van der Waals surface area contributed by atoms with Gasteiger partial charge in [-0.25, -0.2) is 9.59 Å². The summed E-state index contributed by atoms with van der Waals surface area (Å²) in [7, 11) is 0. The Hall–Kier alpha value is -1.96. The molecule has 7 nitrogen and oxygen atoms in total. The second-order valence-electron chi connectivity index (χ2n) is 6.21. The standard InChI is InChI=1S/C15H20N2O5S/c1-5-6-8-7-23-12-9(16-14(21)22-15(2,3)4)11(18)17(12)10(8)13(19)20/h5-6,9,12H,7H2,1-4H3,(H,16,21)(H,19,20)/t9?,12-/m0/s1. The SMILES string of the molecule is CC=CC1=C(C(=O)O)N2C(=O)C(NC(=O)OC(C)(C)C)[C@@H]2SC1. The highest BCUT2D eigenvalue weighted by Gasteiger charge is 2.54. The van der Waals surface area contributed by atoms with E-state index in [1.807, 2.05) is 0 Å². The predicted molar refractivity (Wildman–Crippen MR) is 85.7 cm³/mol. The third-order valence-corrected chi connectivity index (χ3v) is 4.54. The molecule has 1 saturated heterocycles. The molecule has 1 fully saturated rings. The molecule has 1 unspecified atom stereocenters. The van der Waals surface area contributed by atoms with Crippen molar-refractivity contribution < 1.29 is 24.2 Å². The van der Waals surface area contributed by atoms with Gasteiger partial charge in [-0.3, -0.25) is 9.69 Å². The minimum absolute atomic E-state index is 0.0147. The lowest BCUT2D eigenvalue weighted by atomic mass is 10.0. The molecule has 0 saturated carbocycles. The lowest BCUT2D eigenvalue weighted by molar-refractivity contribution is -0.149. The van der Waals surface area contributed by atoms with Gasteiger partial charge < -0.3 is 15.2 Å². The summed E-state index contributed by atoms with van der Waals surface area (Å²) < 4.78 is 5.14. The predicted octanol–water partition coefficient (Wildman–Crippen LogP) is 1.71. The molecular formula is C15H20N2O5S. The van der Waals surface area contributed by atoms with Crippen molar-refractivity contribution in [1.29, 1.82) is 0 Å². The van der Waals surface area contributed by atoms with Gasteiger partial charge in [0.2, 0.25) is 0 Å². The van der Waals surface area contributed by atoms with E-state index in [1.165, 1.54) is 16.7 Å². The van der Waals surface area contributed by atoms with Gasteiger partial charge in [-0.05, 0) is 33.3 Å². The van der Waals surface area contributed by atoms with E-state index < -0.39 is 35.0 Å². The number of ether oxygens (including phenoxy) is 1. The normalized spacial score (nSPS) is 24.3. The maximum Gasteiger partial charge on any atom is 0.408 e. The van der Waals surface area contributed by atoms with Crippen molar-refractivity contribution in [2.24, 2.45) is 0 Å². The molecule has 2 atom stereocenters. The van der Waals surface area contributed by atoms with E-state index in [-0.39, 0.29) is 5.70 Å². The zero-order chi connectivity index (χ0) is 17.4. The topological polar surface area (TPSA) is 95.9 Å². The van der Waals surface area contributed by atoms with Crippen molar-refractivity contribution in [3.05, 3.63) is 23.4 Å². The largest absolute Gasteiger partial charge is 0.477 e. The summed E-state index contributed by atoms with van der Waals surface area (Å²) in [4.78, 5) is 36.8. The molecule has 8 heteroatoms. The summed E-state index contributed by atoms with van der Waals surface area (Å²) in [6.45, 7) is 6.97. The van der Waals surface area contributed by atoms with Crippen LogP contribution in [0.4, 0.5) is 4.79 Å². The van der Waals surface area contributed by atoms with Gasteiger partial charge >= 0.3 is 12.1 Å². The highest BCUT2D eigenvalue weighted by molar-refractivity contribution is 8.00. The quantitative estimate of drug-likeness (QED) is 0.759. The Balaban J connectivity index is 2.14. The van der Waals surface area contributed by atoms with Gasteiger partial charge in [-0.15, -0.1) is 11.8 Å². The number of carboxylic acids is 1. The van der Waals surface area contributed by atoms with Crippen LogP contribution in [0, 0.1) is 0 Å². The van der Waals surface area contributed by atoms with Crippen molar-refractivity contribution in [2.45, 2.75) is 44.7 Å². The summed E-state index contributed by atoms with van der Waals surface area (Å²) in [5.74, 6) is -1.12. The van der Waals surface area contributed by atoms with Crippen LogP contribution < -0.4 is 5.32 Å². The first kappa shape index (κ1) is 17.4. The highest BCUT2D eigenvalue weighted by atomic mass is 32.2. The molecule has 0 aromatic carbocycles. The second-order valence-corrected chi connectivity index (χ2v) is 7.32. The number of hydrogen-bond donors (Lipinski definition) is 2. The van der Waals surface area contributed by atoms with E-state index in [2.05, 4.69) is 5.32 Å². The van der Waals surface area contributed by atoms with Crippen molar-refractivity contribution >= 4 is 29.7 Å². The summed E-state index contributed by atoms with van der Waals surface area (Å²) >= 11 is 1.42. The number of amides is 2. The average Bonchev–Trinajstić information content (AvgIpc) is 2.42. The maximum atomic E-state index is 12.3. The van der Waals surface area contributed by atoms with Gasteiger partial charge in [0, 0.05) is 5.75 Å². The smallest absolute Gasteiger partial charge is 0.408 e. The zero-order valence-corrected chi connectivity index (χ0v) is 14.3. The van der Waals surface area contributed by atoms with Crippen LogP contribution >= 0.6 is 11.8 Å². The number of β-lactam (4-membered cyclic amide) rings is 1. The molecule has 2 heterocycles. The summed E-state index contributed by atoms with van der Waals surface area (Å²) in [5.41, 5.74) is -0.0917. The molecule has 126 valence electrons. The van der Waals surface area contributed by atoms with E-state index >= 15 is 0 Å². The molecule has 0 spiro atoms. The Morgan fingerprint density at radius 3 is 2.61 bits per heavy atom. The first-order valence-corrected chi connectivity index (χ1v) is 8.24. The van der Waals surface area contributed by atoms with Crippen LogP contribution in [0.3, 0.4) is 0 Å². The van der Waals surface area contributed by atoms with Gasteiger partial charge in [0.05, 0.1) is 0 Å². The van der Waals surface area contributed by atoms with E-state index in [9.17, 15) is 19.5 Å². The monoisotopic (exact) mass is 340 g/mol. The number of nitrogens with one attached hydrogen (secondary N) is 1. The summed E-state index contributed by atoms with van der Waals surface area (Å²) in [6.07, 6.45) is 2.74. The van der Waals surface area contributed by atoms with Crippen LogP contribution in [0.15, 0.2) is 23.4 Å². The number of carbonyl (C=O) groups excluding carboxylic acids is 2. The van der Waals surface area contributed by atoms with Crippen LogP contribution in [0.5, 0.6) is 0 Å². The fourth-order valence-electron chi connectivity index (χ4n) is 2.41. The third-order valence-electron chi connectivity index (χ3n) is 3.24. The molecule has 0 aromatic rings. The lowest BCUT2D eigenvalue weighted by Crippen LogP contribution is -2.70. The van der Waals surface area contributed by atoms with E-state index in [0.29, 0.717) is 11.3 Å². The minimum Gasteiger partial charge on any atom is -0.477 e. The Bertz CT molecular complexity index is 605. The molecule has 2 N–H and O–H groups in total. The number of allylic oxidation sites excluding steroid dienone is 2. The van der Waals surface area contributed by atoms with Gasteiger partial charge in [0.25, 0.3) is 5.91 Å². The van der Waals surface area contributed by atoms with Crippen LogP contribution in [0.2, 0.25) is 0 Å². The number of fused-ring (bicyclic) bond motifs is 1. The zero-order valence-electron chi connectivity index (χ0n) is 13.5. The summed E-state index contributed by atoms with van der Waals surface area (Å²) in [6, 6.07) is -0.767. The van der Waals surface area contributed by atoms with Gasteiger partial charge in [-0.2, -0.15) is 0 Å². The molecule has 2 aliphatic rings. The molecule has 0 bridgehead atoms. The maximum absolute atomic E-state index is 12.3. The molecular weight excluding hydrogens is 320 g/mol. The van der Waals surface area contributed by atoms with E-state index in [1.54, 1.807) is 39.8 Å². The minimum atomic E-state index is -1.15. The summed E-state index contributed by atoms with van der Waals surface area (Å²) in [5, 5.41) is 11.5. The van der Waals surface area contributed by atoms with Gasteiger partial charge in [-0.1, -0.05) is 12.2 Å². The van der Waals surface area contributed by atoms with Crippen molar-refractivity contribution in [2.75, 3.05) is 5.75 Å². The van der Waals surface area contributed by atoms with Crippen molar-refractivity contribution in [3.8, 4) is 0 Å². The number of thioether (sulfide) groups is 1. The first-order valence-electron chi connectivity index (χ1n) is 7.19. The number of carboxylic acid groups (broad SMARTS) is 1. The molecule has 23 heavy (non-hydrogen) atoms. The van der Waals surface area contributed by atoms with Crippen LogP contribution in [-0.4, -0.2) is 50.7 Å². The molecule has 2 rings (SSSR count). The lowest BCUT2D eigenvalue weighted by Gasteiger charge is -2.49. The number of hydrogen-bond acceptors (Lipinski definition) is 5. The van der Waals surface area contributed by atoms with Gasteiger partial charge in [0.1, 0.15) is 22.7 Å². The molecule has 0 aliphatic carbocycles. The highest BCUT2D eigenvalue weighted by Crippen LogP contribution is 2.40. The Labute approximate surface area is 138 Å². The van der Waals surface area contributed by atoms with Gasteiger partial charge in [0.15, 0.2) is 0 Å². The average molecular weight is 340 g/mol. The fourth-order valence-corrected chi connectivity index (χ4v) is 3.73. The van der Waals surface area contributed by atoms with Crippen LogP contribution in [0.25, 0.3) is 0 Å². The second kappa shape index (κ2) is 6.27. The van der Waals surface area contributed by atoms with E-state index in [4.69, 9.17) is 4.74 Å². The molecule has 2 amide bonds. The van der Waals surface area contributed by atoms with Crippen LogP contribution in [0.1, 0.15) is 27.7 Å². The first-order chi connectivity index (χ1) is 10.7. The fraction of sp³-hybridized carbons (Fsp3) is 0.533. The molecule has 2 aliphatic heterocycles. The third kappa shape index (κ3) is 3.52. The number of rotatable bonds is 3. The Kier molecular flexibility index (Phi) is 4.74. The molecule has 0 aromatic heterocycles.